The predicted molar refractivity (Wildman–Crippen MR) is 111 cm³/mol. The zero-order valence-corrected chi connectivity index (χ0v) is 17.6. The van der Waals surface area contributed by atoms with Crippen LogP contribution in [0.1, 0.15) is 65.3 Å². The minimum absolute atomic E-state index is 0.00921. The van der Waals surface area contributed by atoms with E-state index in [9.17, 15) is 4.79 Å². The molecule has 2 aliphatic rings. The Balaban J connectivity index is 1.51. The first-order valence-electron chi connectivity index (χ1n) is 10.0. The summed E-state index contributed by atoms with van der Waals surface area (Å²) < 4.78 is 7.16. The standard InChI is InChI=1S/C22H23ClN5O2/c1-14(23)11-27(2)13-20-25-21(30-26-20)17-5-7-18-6-4-16-9-15(10-24)3-8-19(16)22(29)28(18)12-17/h3,8-9,11,17-18H,2,4-7,12-13H2,1H3/q+1. The number of allylic oxidation sites excluding steroid dienone is 1. The molecule has 1 amide bonds. The predicted octanol–water partition coefficient (Wildman–Crippen LogP) is 3.59. The Kier molecular flexibility index (Phi) is 5.69. The summed E-state index contributed by atoms with van der Waals surface area (Å²) in [5, 5.41) is 13.8. The van der Waals surface area contributed by atoms with Crippen molar-refractivity contribution in [2.24, 2.45) is 0 Å². The van der Waals surface area contributed by atoms with E-state index < -0.39 is 0 Å². The molecule has 30 heavy (non-hydrogen) atoms. The summed E-state index contributed by atoms with van der Waals surface area (Å²) in [6.07, 6.45) is 5.19. The summed E-state index contributed by atoms with van der Waals surface area (Å²) in [6, 6.07) is 7.69. The smallest absolute Gasteiger partial charge is 0.254 e. The number of carbonyl (C=O) groups is 1. The molecule has 1 saturated heterocycles. The third kappa shape index (κ3) is 4.14. The van der Waals surface area contributed by atoms with Crippen molar-refractivity contribution in [3.8, 4) is 6.07 Å². The second-order valence-corrected chi connectivity index (χ2v) is 8.52. The van der Waals surface area contributed by atoms with Gasteiger partial charge in [-0.25, -0.2) is 4.58 Å². The number of aryl methyl sites for hydroxylation is 1. The lowest BCUT2D eigenvalue weighted by Crippen LogP contribution is -2.45. The minimum atomic E-state index is 0.00921. The third-order valence-electron chi connectivity index (χ3n) is 5.72. The maximum Gasteiger partial charge on any atom is 0.254 e. The molecule has 2 atom stereocenters. The van der Waals surface area contributed by atoms with Crippen molar-refractivity contribution in [2.75, 3.05) is 6.54 Å². The van der Waals surface area contributed by atoms with Gasteiger partial charge < -0.3 is 9.42 Å². The topological polar surface area (TPSA) is 86.0 Å². The normalized spacial score (nSPS) is 21.4. The zero-order chi connectivity index (χ0) is 21.3. The fraction of sp³-hybridized carbons (Fsp3) is 0.409. The molecule has 1 aromatic carbocycles. The molecule has 8 heteroatoms. The lowest BCUT2D eigenvalue weighted by atomic mass is 9.90. The molecule has 7 nitrogen and oxygen atoms in total. The molecule has 0 aliphatic carbocycles. The van der Waals surface area contributed by atoms with Crippen molar-refractivity contribution in [1.29, 1.82) is 5.26 Å². The summed E-state index contributed by atoms with van der Waals surface area (Å²) in [4.78, 5) is 19.7. The highest BCUT2D eigenvalue weighted by atomic mass is 35.5. The summed E-state index contributed by atoms with van der Waals surface area (Å²) >= 11 is 5.87. The van der Waals surface area contributed by atoms with Crippen LogP contribution in [-0.4, -0.2) is 44.8 Å². The number of nitriles is 1. The van der Waals surface area contributed by atoms with Crippen LogP contribution in [0.5, 0.6) is 0 Å². The van der Waals surface area contributed by atoms with Crippen LogP contribution in [0.25, 0.3) is 0 Å². The van der Waals surface area contributed by atoms with Gasteiger partial charge in [-0.3, -0.25) is 4.79 Å². The first-order chi connectivity index (χ1) is 14.4. The van der Waals surface area contributed by atoms with E-state index in [0.717, 1.165) is 31.2 Å². The van der Waals surface area contributed by atoms with Crippen LogP contribution in [0.15, 0.2) is 34.0 Å². The molecule has 0 radical (unpaired) electrons. The molecule has 0 N–H and O–H groups in total. The molecule has 4 rings (SSSR count). The van der Waals surface area contributed by atoms with Crippen LogP contribution in [0.2, 0.25) is 0 Å². The van der Waals surface area contributed by atoms with Gasteiger partial charge in [-0.2, -0.15) is 10.2 Å². The van der Waals surface area contributed by atoms with Gasteiger partial charge in [0, 0.05) is 18.2 Å². The lowest BCUT2D eigenvalue weighted by molar-refractivity contribution is -0.467. The van der Waals surface area contributed by atoms with Gasteiger partial charge in [-0.15, -0.1) is 0 Å². The van der Waals surface area contributed by atoms with Gasteiger partial charge in [0.05, 0.1) is 22.6 Å². The maximum absolute atomic E-state index is 13.2. The molecule has 2 aromatic rings. The van der Waals surface area contributed by atoms with Gasteiger partial charge in [0.1, 0.15) is 6.72 Å². The van der Waals surface area contributed by atoms with Gasteiger partial charge in [0.2, 0.25) is 18.3 Å². The van der Waals surface area contributed by atoms with Crippen LogP contribution < -0.4 is 0 Å². The van der Waals surface area contributed by atoms with E-state index in [1.165, 1.54) is 0 Å². The molecular formula is C22H23ClN5O2+. The molecule has 0 bridgehead atoms. The van der Waals surface area contributed by atoms with Gasteiger partial charge in [-0.05, 0) is 56.4 Å². The van der Waals surface area contributed by atoms with Crippen molar-refractivity contribution < 1.29 is 13.9 Å². The number of carbonyl (C=O) groups excluding carboxylic acids is 1. The van der Waals surface area contributed by atoms with Crippen LogP contribution >= 0.6 is 11.6 Å². The van der Waals surface area contributed by atoms with E-state index in [2.05, 4.69) is 22.9 Å². The zero-order valence-electron chi connectivity index (χ0n) is 16.8. The Morgan fingerprint density at radius 1 is 1.47 bits per heavy atom. The van der Waals surface area contributed by atoms with Crippen molar-refractivity contribution in [1.82, 2.24) is 15.0 Å². The number of hydrogen-bond donors (Lipinski definition) is 0. The van der Waals surface area contributed by atoms with E-state index in [1.807, 2.05) is 11.0 Å². The molecule has 2 unspecified atom stereocenters. The molecule has 154 valence electrons. The molecular weight excluding hydrogens is 402 g/mol. The monoisotopic (exact) mass is 424 g/mol. The van der Waals surface area contributed by atoms with Gasteiger partial charge in [0.15, 0.2) is 6.20 Å². The van der Waals surface area contributed by atoms with E-state index in [1.54, 1.807) is 29.8 Å². The quantitative estimate of drug-likeness (QED) is 0.553. The Bertz CT molecular complexity index is 1060. The third-order valence-corrected chi connectivity index (χ3v) is 5.81. The highest BCUT2D eigenvalue weighted by molar-refractivity contribution is 6.29. The molecule has 3 heterocycles. The van der Waals surface area contributed by atoms with Crippen LogP contribution in [0, 0.1) is 11.3 Å². The number of fused-ring (bicyclic) bond motifs is 2. The van der Waals surface area contributed by atoms with Gasteiger partial charge in [0.25, 0.3) is 5.91 Å². The van der Waals surface area contributed by atoms with Crippen LogP contribution in [0.4, 0.5) is 0 Å². The average molecular weight is 425 g/mol. The van der Waals surface area contributed by atoms with Gasteiger partial charge in [-0.1, -0.05) is 16.8 Å². The molecule has 1 aromatic heterocycles. The fourth-order valence-corrected chi connectivity index (χ4v) is 4.45. The summed E-state index contributed by atoms with van der Waals surface area (Å²) in [6.45, 7) is 6.60. The summed E-state index contributed by atoms with van der Waals surface area (Å²) in [5.41, 5.74) is 2.25. The first-order valence-corrected chi connectivity index (χ1v) is 10.4. The van der Waals surface area contributed by atoms with Crippen molar-refractivity contribution in [3.63, 3.8) is 0 Å². The number of amides is 1. The second kappa shape index (κ2) is 8.41. The Morgan fingerprint density at radius 2 is 2.30 bits per heavy atom. The molecule has 0 saturated carbocycles. The van der Waals surface area contributed by atoms with E-state index in [-0.39, 0.29) is 17.9 Å². The average Bonchev–Trinajstić information content (AvgIpc) is 3.13. The first kappa shape index (κ1) is 20.3. The minimum Gasteiger partial charge on any atom is -0.339 e. The molecule has 2 aliphatic heterocycles. The molecule has 0 spiro atoms. The second-order valence-electron chi connectivity index (χ2n) is 7.92. The number of aromatic nitrogens is 2. The Hall–Kier alpha value is -2.98. The Labute approximate surface area is 180 Å². The fourth-order valence-electron chi connectivity index (χ4n) is 4.31. The number of rotatable bonds is 4. The maximum atomic E-state index is 13.2. The van der Waals surface area contributed by atoms with E-state index in [0.29, 0.717) is 41.0 Å². The summed E-state index contributed by atoms with van der Waals surface area (Å²) in [5.74, 6) is 1.12. The largest absolute Gasteiger partial charge is 0.339 e. The Morgan fingerprint density at radius 3 is 3.07 bits per heavy atom. The van der Waals surface area contributed by atoms with Crippen LogP contribution in [0.3, 0.4) is 0 Å². The molecule has 1 fully saturated rings. The lowest BCUT2D eigenvalue weighted by Gasteiger charge is -2.37. The number of halogens is 1. The van der Waals surface area contributed by atoms with Crippen molar-refractivity contribution >= 4 is 24.2 Å². The summed E-state index contributed by atoms with van der Waals surface area (Å²) in [7, 11) is 0. The van der Waals surface area contributed by atoms with E-state index >= 15 is 0 Å². The SMILES string of the molecule is C=[N+](C=C(C)Cl)Cc1noc(C2CCC3CCc4cc(C#N)ccc4C(=O)N3C2)n1. The number of benzene rings is 1. The number of nitrogens with zero attached hydrogens (tertiary/aromatic N) is 5. The highest BCUT2D eigenvalue weighted by Gasteiger charge is 2.37. The number of piperidine rings is 1. The highest BCUT2D eigenvalue weighted by Crippen LogP contribution is 2.35. The van der Waals surface area contributed by atoms with Crippen molar-refractivity contribution in [2.45, 2.75) is 51.1 Å². The van der Waals surface area contributed by atoms with Crippen molar-refractivity contribution in [3.05, 3.63) is 57.8 Å². The van der Waals surface area contributed by atoms with Gasteiger partial charge >= 0.3 is 0 Å². The van der Waals surface area contributed by atoms with E-state index in [4.69, 9.17) is 21.4 Å². The van der Waals surface area contributed by atoms with Crippen LogP contribution in [-0.2, 0) is 13.0 Å². The number of hydrogen-bond acceptors (Lipinski definition) is 5.